The predicted molar refractivity (Wildman–Crippen MR) is 79.9 cm³/mol. The van der Waals surface area contributed by atoms with Gasteiger partial charge in [-0.25, -0.2) is 0 Å². The molecule has 1 aromatic carbocycles. The minimum Gasteiger partial charge on any atom is -0.347 e. The van der Waals surface area contributed by atoms with Crippen LogP contribution in [0.4, 0.5) is 0 Å². The molecule has 2 aromatic rings. The summed E-state index contributed by atoms with van der Waals surface area (Å²) in [6.45, 7) is 4.97. The molecule has 1 aliphatic heterocycles. The molecule has 3 rings (SSSR count). The summed E-state index contributed by atoms with van der Waals surface area (Å²) >= 11 is 3.61. The van der Waals surface area contributed by atoms with Crippen molar-refractivity contribution in [2.24, 2.45) is 0 Å². The summed E-state index contributed by atoms with van der Waals surface area (Å²) in [5.74, 6) is 0. The van der Waals surface area contributed by atoms with Gasteiger partial charge in [0.15, 0.2) is 0 Å². The highest BCUT2D eigenvalue weighted by Crippen LogP contribution is 2.24. The van der Waals surface area contributed by atoms with Crippen LogP contribution in [0.5, 0.6) is 0 Å². The summed E-state index contributed by atoms with van der Waals surface area (Å²) in [6.07, 6.45) is 6.23. The Balaban J connectivity index is 1.65. The standard InChI is InChI=1S/C15H19BrN2/c16-14-5-3-6-15-13(14)7-12-18(15)11-4-10-17-8-1-2-9-17/h3,5-7,12H,1-2,4,8-11H2. The Hall–Kier alpha value is -0.800. The predicted octanol–water partition coefficient (Wildman–Crippen LogP) is 3.89. The topological polar surface area (TPSA) is 8.17 Å². The molecule has 0 saturated carbocycles. The van der Waals surface area contributed by atoms with Gasteiger partial charge < -0.3 is 9.47 Å². The number of hydrogen-bond donors (Lipinski definition) is 0. The lowest BCUT2D eigenvalue weighted by Crippen LogP contribution is -2.21. The molecule has 0 amide bonds. The van der Waals surface area contributed by atoms with Crippen LogP contribution in [0.15, 0.2) is 34.9 Å². The van der Waals surface area contributed by atoms with Gasteiger partial charge in [-0.2, -0.15) is 0 Å². The van der Waals surface area contributed by atoms with Crippen molar-refractivity contribution >= 4 is 26.8 Å². The van der Waals surface area contributed by atoms with Crippen molar-refractivity contribution in [3.8, 4) is 0 Å². The number of aryl methyl sites for hydroxylation is 1. The Kier molecular flexibility index (Phi) is 3.71. The molecule has 0 unspecified atom stereocenters. The van der Waals surface area contributed by atoms with Crippen molar-refractivity contribution in [1.82, 2.24) is 9.47 Å². The third kappa shape index (κ3) is 2.47. The Morgan fingerprint density at radius 1 is 1.06 bits per heavy atom. The summed E-state index contributed by atoms with van der Waals surface area (Å²) in [4.78, 5) is 2.58. The zero-order valence-electron chi connectivity index (χ0n) is 10.6. The van der Waals surface area contributed by atoms with Gasteiger partial charge in [0.2, 0.25) is 0 Å². The maximum Gasteiger partial charge on any atom is 0.0491 e. The van der Waals surface area contributed by atoms with Crippen molar-refractivity contribution < 1.29 is 0 Å². The molecule has 0 radical (unpaired) electrons. The number of fused-ring (bicyclic) bond motifs is 1. The van der Waals surface area contributed by atoms with E-state index in [9.17, 15) is 0 Å². The molecular formula is C15H19BrN2. The Bertz CT molecular complexity index is 526. The molecule has 1 saturated heterocycles. The van der Waals surface area contributed by atoms with Gasteiger partial charge in [-0.3, -0.25) is 0 Å². The normalized spacial score (nSPS) is 16.7. The molecule has 0 N–H and O–H groups in total. The lowest BCUT2D eigenvalue weighted by Gasteiger charge is -2.14. The zero-order valence-corrected chi connectivity index (χ0v) is 12.2. The fraction of sp³-hybridized carbons (Fsp3) is 0.467. The van der Waals surface area contributed by atoms with E-state index in [2.05, 4.69) is 55.9 Å². The second kappa shape index (κ2) is 5.45. The average Bonchev–Trinajstić information content (AvgIpc) is 3.00. The second-order valence-corrected chi connectivity index (χ2v) is 5.94. The van der Waals surface area contributed by atoms with Crippen molar-refractivity contribution in [2.45, 2.75) is 25.8 Å². The molecule has 18 heavy (non-hydrogen) atoms. The fourth-order valence-electron chi connectivity index (χ4n) is 2.85. The molecule has 0 bridgehead atoms. The summed E-state index contributed by atoms with van der Waals surface area (Å²) in [6, 6.07) is 8.63. The zero-order chi connectivity index (χ0) is 12.4. The van der Waals surface area contributed by atoms with Crippen LogP contribution in [0, 0.1) is 0 Å². The van der Waals surface area contributed by atoms with E-state index in [0.29, 0.717) is 0 Å². The first-order valence-corrected chi connectivity index (χ1v) is 7.59. The Morgan fingerprint density at radius 2 is 1.89 bits per heavy atom. The molecule has 1 fully saturated rings. The summed E-state index contributed by atoms with van der Waals surface area (Å²) in [5, 5.41) is 1.32. The molecule has 0 atom stereocenters. The van der Waals surface area contributed by atoms with Gasteiger partial charge in [0, 0.05) is 28.1 Å². The van der Waals surface area contributed by atoms with Crippen molar-refractivity contribution in [3.05, 3.63) is 34.9 Å². The molecule has 2 nitrogen and oxygen atoms in total. The van der Waals surface area contributed by atoms with E-state index in [1.165, 1.54) is 54.3 Å². The van der Waals surface area contributed by atoms with E-state index in [4.69, 9.17) is 0 Å². The van der Waals surface area contributed by atoms with Crippen molar-refractivity contribution in [2.75, 3.05) is 19.6 Å². The van der Waals surface area contributed by atoms with Crippen LogP contribution < -0.4 is 0 Å². The van der Waals surface area contributed by atoms with Gasteiger partial charge in [0.1, 0.15) is 0 Å². The summed E-state index contributed by atoms with van der Waals surface area (Å²) < 4.78 is 3.56. The molecule has 1 aromatic heterocycles. The first-order chi connectivity index (χ1) is 8.84. The Labute approximate surface area is 117 Å². The van der Waals surface area contributed by atoms with Gasteiger partial charge in [-0.15, -0.1) is 0 Å². The Morgan fingerprint density at radius 3 is 2.72 bits per heavy atom. The SMILES string of the molecule is Brc1cccc2c1ccn2CCCN1CCCC1. The van der Waals surface area contributed by atoms with Gasteiger partial charge in [-0.05, 0) is 57.1 Å². The van der Waals surface area contributed by atoms with E-state index in [1.807, 2.05) is 0 Å². The third-order valence-corrected chi connectivity index (χ3v) is 4.52. The smallest absolute Gasteiger partial charge is 0.0491 e. The lowest BCUT2D eigenvalue weighted by molar-refractivity contribution is 0.326. The van der Waals surface area contributed by atoms with E-state index in [1.54, 1.807) is 0 Å². The number of benzene rings is 1. The van der Waals surface area contributed by atoms with Crippen molar-refractivity contribution in [3.63, 3.8) is 0 Å². The van der Waals surface area contributed by atoms with Crippen LogP contribution in [0.1, 0.15) is 19.3 Å². The van der Waals surface area contributed by atoms with Gasteiger partial charge >= 0.3 is 0 Å². The minimum atomic E-state index is 1.12. The number of halogens is 1. The highest BCUT2D eigenvalue weighted by Gasteiger charge is 2.10. The van der Waals surface area contributed by atoms with Crippen molar-refractivity contribution in [1.29, 1.82) is 0 Å². The first kappa shape index (κ1) is 12.2. The van der Waals surface area contributed by atoms with Crippen LogP contribution in [0.3, 0.4) is 0 Å². The van der Waals surface area contributed by atoms with Crippen LogP contribution in [-0.4, -0.2) is 29.1 Å². The first-order valence-electron chi connectivity index (χ1n) is 6.80. The van der Waals surface area contributed by atoms with Gasteiger partial charge in [-0.1, -0.05) is 22.0 Å². The van der Waals surface area contributed by atoms with Crippen LogP contribution in [-0.2, 0) is 6.54 Å². The molecular weight excluding hydrogens is 288 g/mol. The minimum absolute atomic E-state index is 1.12. The van der Waals surface area contributed by atoms with Crippen LogP contribution in [0.2, 0.25) is 0 Å². The highest BCUT2D eigenvalue weighted by molar-refractivity contribution is 9.10. The summed E-state index contributed by atoms with van der Waals surface area (Å²) in [5.41, 5.74) is 1.34. The number of rotatable bonds is 4. The maximum atomic E-state index is 3.61. The number of hydrogen-bond acceptors (Lipinski definition) is 1. The second-order valence-electron chi connectivity index (χ2n) is 5.08. The molecule has 0 aliphatic carbocycles. The van der Waals surface area contributed by atoms with Gasteiger partial charge in [0.25, 0.3) is 0 Å². The number of nitrogens with zero attached hydrogens (tertiary/aromatic N) is 2. The summed E-state index contributed by atoms with van der Waals surface area (Å²) in [7, 11) is 0. The molecule has 96 valence electrons. The van der Waals surface area contributed by atoms with Gasteiger partial charge in [0.05, 0.1) is 0 Å². The highest BCUT2D eigenvalue weighted by atomic mass is 79.9. The van der Waals surface area contributed by atoms with Crippen LogP contribution in [0.25, 0.3) is 10.9 Å². The molecule has 1 aliphatic rings. The number of aromatic nitrogens is 1. The average molecular weight is 307 g/mol. The monoisotopic (exact) mass is 306 g/mol. The third-order valence-electron chi connectivity index (χ3n) is 3.83. The van der Waals surface area contributed by atoms with Crippen LogP contribution >= 0.6 is 15.9 Å². The maximum absolute atomic E-state index is 3.61. The van der Waals surface area contributed by atoms with E-state index in [0.717, 1.165) is 6.54 Å². The molecule has 3 heteroatoms. The van der Waals surface area contributed by atoms with E-state index >= 15 is 0 Å². The van der Waals surface area contributed by atoms with E-state index < -0.39 is 0 Å². The molecule has 0 spiro atoms. The number of likely N-dealkylation sites (tertiary alicyclic amines) is 1. The largest absolute Gasteiger partial charge is 0.347 e. The fourth-order valence-corrected chi connectivity index (χ4v) is 3.34. The molecule has 2 heterocycles. The van der Waals surface area contributed by atoms with E-state index in [-0.39, 0.29) is 0 Å². The lowest BCUT2D eigenvalue weighted by atomic mass is 10.2. The quantitative estimate of drug-likeness (QED) is 0.832.